The highest BCUT2D eigenvalue weighted by molar-refractivity contribution is 5.83. The molecule has 0 bridgehead atoms. The zero-order chi connectivity index (χ0) is 12.5. The predicted molar refractivity (Wildman–Crippen MR) is 78.9 cm³/mol. The summed E-state index contributed by atoms with van der Waals surface area (Å²) < 4.78 is 0. The molecule has 94 valence electrons. The minimum absolute atomic E-state index is 0.779. The highest BCUT2D eigenvalue weighted by atomic mass is 14.3. The molecule has 0 radical (unpaired) electrons. The molecule has 0 spiro atoms. The minimum atomic E-state index is 0.779. The van der Waals surface area contributed by atoms with Crippen molar-refractivity contribution < 1.29 is 0 Å². The number of hydrogen-bond donors (Lipinski definition) is 0. The molecule has 0 saturated heterocycles. The molecule has 2 aromatic rings. The van der Waals surface area contributed by atoms with Crippen LogP contribution in [0.15, 0.2) is 42.5 Å². The third-order valence-electron chi connectivity index (χ3n) is 4.84. The molecule has 1 saturated carbocycles. The zero-order valence-electron chi connectivity index (χ0n) is 11.4. The first-order valence-corrected chi connectivity index (χ1v) is 7.23. The Bertz CT molecular complexity index is 540. The first-order chi connectivity index (χ1) is 8.74. The normalized spacial score (nSPS) is 28.4. The van der Waals surface area contributed by atoms with Gasteiger partial charge in [0, 0.05) is 0 Å². The minimum Gasteiger partial charge on any atom is -0.0623 e. The second-order valence-corrected chi connectivity index (χ2v) is 6.07. The second kappa shape index (κ2) is 4.76. The maximum absolute atomic E-state index is 2.41. The van der Waals surface area contributed by atoms with E-state index in [2.05, 4.69) is 56.3 Å². The van der Waals surface area contributed by atoms with Gasteiger partial charge in [0.2, 0.25) is 0 Å². The zero-order valence-corrected chi connectivity index (χ0v) is 11.4. The van der Waals surface area contributed by atoms with E-state index in [-0.39, 0.29) is 0 Å². The van der Waals surface area contributed by atoms with E-state index >= 15 is 0 Å². The van der Waals surface area contributed by atoms with Gasteiger partial charge in [0.15, 0.2) is 0 Å². The Morgan fingerprint density at radius 1 is 0.833 bits per heavy atom. The standard InChI is InChI=1S/C18H22/c1-13-7-8-17(11-14(13)2)18-10-9-15-5-3-4-6-16(15)12-18/h3-6,9-10,12-14,17H,7-8,11H2,1-2H3/t13-,14-,17+/m0/s1. The Balaban J connectivity index is 1.90. The lowest BCUT2D eigenvalue weighted by molar-refractivity contribution is 0.250. The van der Waals surface area contributed by atoms with Crippen molar-refractivity contribution in [1.29, 1.82) is 0 Å². The van der Waals surface area contributed by atoms with Crippen molar-refractivity contribution in [3.63, 3.8) is 0 Å². The van der Waals surface area contributed by atoms with Gasteiger partial charge in [0.05, 0.1) is 0 Å². The lowest BCUT2D eigenvalue weighted by atomic mass is 9.73. The highest BCUT2D eigenvalue weighted by Crippen LogP contribution is 2.39. The van der Waals surface area contributed by atoms with Crippen LogP contribution in [-0.2, 0) is 0 Å². The van der Waals surface area contributed by atoms with Crippen molar-refractivity contribution >= 4 is 10.8 Å². The Kier molecular flexibility index (Phi) is 3.11. The molecular weight excluding hydrogens is 216 g/mol. The van der Waals surface area contributed by atoms with Crippen LogP contribution >= 0.6 is 0 Å². The molecule has 2 aromatic carbocycles. The van der Waals surface area contributed by atoms with E-state index in [0.29, 0.717) is 0 Å². The third kappa shape index (κ3) is 2.16. The van der Waals surface area contributed by atoms with Crippen LogP contribution in [0.1, 0.15) is 44.6 Å². The number of fused-ring (bicyclic) bond motifs is 1. The van der Waals surface area contributed by atoms with Gasteiger partial charge in [-0.2, -0.15) is 0 Å². The van der Waals surface area contributed by atoms with Crippen LogP contribution < -0.4 is 0 Å². The van der Waals surface area contributed by atoms with E-state index in [1.165, 1.54) is 30.0 Å². The summed E-state index contributed by atoms with van der Waals surface area (Å²) >= 11 is 0. The molecule has 0 aromatic heterocycles. The summed E-state index contributed by atoms with van der Waals surface area (Å²) in [5.41, 5.74) is 1.55. The van der Waals surface area contributed by atoms with E-state index in [9.17, 15) is 0 Å². The van der Waals surface area contributed by atoms with Crippen LogP contribution in [0.2, 0.25) is 0 Å². The average molecular weight is 238 g/mol. The summed E-state index contributed by atoms with van der Waals surface area (Å²) in [6, 6.07) is 15.7. The topological polar surface area (TPSA) is 0 Å². The average Bonchev–Trinajstić information content (AvgIpc) is 2.41. The van der Waals surface area contributed by atoms with Crippen LogP contribution in [0.5, 0.6) is 0 Å². The summed E-state index contributed by atoms with van der Waals surface area (Å²) in [4.78, 5) is 0. The van der Waals surface area contributed by atoms with Gasteiger partial charge in [-0.25, -0.2) is 0 Å². The maximum atomic E-state index is 2.41. The van der Waals surface area contributed by atoms with E-state index in [1.54, 1.807) is 5.56 Å². The summed E-state index contributed by atoms with van der Waals surface area (Å²) in [6.07, 6.45) is 4.11. The molecular formula is C18H22. The molecule has 18 heavy (non-hydrogen) atoms. The summed E-state index contributed by atoms with van der Waals surface area (Å²) in [5.74, 6) is 2.55. The molecule has 3 atom stereocenters. The quantitative estimate of drug-likeness (QED) is 0.625. The van der Waals surface area contributed by atoms with E-state index in [4.69, 9.17) is 0 Å². The third-order valence-corrected chi connectivity index (χ3v) is 4.84. The van der Waals surface area contributed by atoms with Gasteiger partial charge in [0.25, 0.3) is 0 Å². The fourth-order valence-electron chi connectivity index (χ4n) is 3.31. The van der Waals surface area contributed by atoms with Crippen molar-refractivity contribution in [3.05, 3.63) is 48.0 Å². The first kappa shape index (κ1) is 11.8. The summed E-state index contributed by atoms with van der Waals surface area (Å²) in [5, 5.41) is 2.75. The van der Waals surface area contributed by atoms with Crippen molar-refractivity contribution in [3.8, 4) is 0 Å². The van der Waals surface area contributed by atoms with Gasteiger partial charge >= 0.3 is 0 Å². The SMILES string of the molecule is C[C@H]1CC[C@@H](c2ccc3ccccc3c2)C[C@@H]1C. The molecule has 0 amide bonds. The summed E-state index contributed by atoms with van der Waals surface area (Å²) in [6.45, 7) is 4.82. The molecule has 1 aliphatic carbocycles. The molecule has 3 rings (SSSR count). The molecule has 0 aliphatic heterocycles. The largest absolute Gasteiger partial charge is 0.0623 e. The second-order valence-electron chi connectivity index (χ2n) is 6.07. The molecule has 1 fully saturated rings. The molecule has 0 N–H and O–H groups in total. The molecule has 0 nitrogen and oxygen atoms in total. The fourth-order valence-corrected chi connectivity index (χ4v) is 3.31. The molecule has 0 heteroatoms. The van der Waals surface area contributed by atoms with Gasteiger partial charge in [-0.3, -0.25) is 0 Å². The van der Waals surface area contributed by atoms with Gasteiger partial charge in [0.1, 0.15) is 0 Å². The fraction of sp³-hybridized carbons (Fsp3) is 0.444. The van der Waals surface area contributed by atoms with Crippen LogP contribution in [0.4, 0.5) is 0 Å². The summed E-state index contributed by atoms with van der Waals surface area (Å²) in [7, 11) is 0. The predicted octanol–water partition coefficient (Wildman–Crippen LogP) is 5.38. The Morgan fingerprint density at radius 2 is 1.61 bits per heavy atom. The van der Waals surface area contributed by atoms with Crippen molar-refractivity contribution in [2.45, 2.75) is 39.0 Å². The van der Waals surface area contributed by atoms with Gasteiger partial charge in [-0.05, 0) is 53.4 Å². The Morgan fingerprint density at radius 3 is 2.39 bits per heavy atom. The lowest BCUT2D eigenvalue weighted by Gasteiger charge is -2.32. The lowest BCUT2D eigenvalue weighted by Crippen LogP contribution is -2.19. The monoisotopic (exact) mass is 238 g/mol. The molecule has 0 unspecified atom stereocenters. The van der Waals surface area contributed by atoms with E-state index in [0.717, 1.165) is 17.8 Å². The highest BCUT2D eigenvalue weighted by Gasteiger charge is 2.25. The van der Waals surface area contributed by atoms with Gasteiger partial charge in [-0.15, -0.1) is 0 Å². The Hall–Kier alpha value is -1.30. The van der Waals surface area contributed by atoms with E-state index < -0.39 is 0 Å². The van der Waals surface area contributed by atoms with Crippen molar-refractivity contribution in [1.82, 2.24) is 0 Å². The molecule has 1 aliphatic rings. The number of benzene rings is 2. The van der Waals surface area contributed by atoms with Crippen LogP contribution in [-0.4, -0.2) is 0 Å². The number of hydrogen-bond acceptors (Lipinski definition) is 0. The maximum Gasteiger partial charge on any atom is -0.0159 e. The van der Waals surface area contributed by atoms with Crippen LogP contribution in [0.25, 0.3) is 10.8 Å². The Labute approximate surface area is 110 Å². The van der Waals surface area contributed by atoms with E-state index in [1.807, 2.05) is 0 Å². The number of rotatable bonds is 1. The van der Waals surface area contributed by atoms with Gasteiger partial charge in [-0.1, -0.05) is 56.3 Å². The van der Waals surface area contributed by atoms with Gasteiger partial charge < -0.3 is 0 Å². The first-order valence-electron chi connectivity index (χ1n) is 7.23. The van der Waals surface area contributed by atoms with Crippen molar-refractivity contribution in [2.75, 3.05) is 0 Å². The van der Waals surface area contributed by atoms with Crippen LogP contribution in [0.3, 0.4) is 0 Å². The van der Waals surface area contributed by atoms with Crippen LogP contribution in [0, 0.1) is 11.8 Å². The molecule has 0 heterocycles. The smallest absolute Gasteiger partial charge is 0.0159 e. The van der Waals surface area contributed by atoms with Crippen molar-refractivity contribution in [2.24, 2.45) is 11.8 Å².